The Labute approximate surface area is 113 Å². The second-order valence-corrected chi connectivity index (χ2v) is 5.45. The SMILES string of the molecule is CN(Cc1ccccc1Cl)CC1(C=O)CCOC1. The van der Waals surface area contributed by atoms with Crippen LogP contribution in [0.2, 0.25) is 5.02 Å². The standard InChI is InChI=1S/C14H18ClNO2/c1-16(8-12-4-2-3-5-13(12)15)9-14(10-17)6-7-18-11-14/h2-5,10H,6-9,11H2,1H3. The van der Waals surface area contributed by atoms with Crippen molar-refractivity contribution in [2.24, 2.45) is 5.41 Å². The Balaban J connectivity index is 1.98. The molecule has 0 aromatic heterocycles. The summed E-state index contributed by atoms with van der Waals surface area (Å²) in [6, 6.07) is 7.79. The third-order valence-corrected chi connectivity index (χ3v) is 3.74. The Bertz CT molecular complexity index is 416. The summed E-state index contributed by atoms with van der Waals surface area (Å²) in [6.45, 7) is 2.67. The molecular formula is C14H18ClNO2. The molecular weight excluding hydrogens is 250 g/mol. The minimum Gasteiger partial charge on any atom is -0.380 e. The van der Waals surface area contributed by atoms with Gasteiger partial charge in [-0.15, -0.1) is 0 Å². The predicted octanol–water partition coefficient (Wildman–Crippen LogP) is 2.38. The summed E-state index contributed by atoms with van der Waals surface area (Å²) in [5.74, 6) is 0. The number of carbonyl (C=O) groups excluding carboxylic acids is 1. The first-order valence-corrected chi connectivity index (χ1v) is 6.49. The molecule has 0 bridgehead atoms. The third kappa shape index (κ3) is 3.10. The zero-order valence-electron chi connectivity index (χ0n) is 10.6. The number of halogens is 1. The zero-order chi connectivity index (χ0) is 13.0. The van der Waals surface area contributed by atoms with Gasteiger partial charge in [-0.3, -0.25) is 0 Å². The van der Waals surface area contributed by atoms with Crippen LogP contribution in [0.1, 0.15) is 12.0 Å². The molecule has 1 fully saturated rings. The molecule has 2 rings (SSSR count). The van der Waals surface area contributed by atoms with E-state index in [0.717, 1.165) is 29.8 Å². The lowest BCUT2D eigenvalue weighted by Crippen LogP contribution is -2.37. The Morgan fingerprint density at radius 1 is 1.50 bits per heavy atom. The van der Waals surface area contributed by atoms with Crippen LogP contribution in [0.25, 0.3) is 0 Å². The van der Waals surface area contributed by atoms with E-state index in [-0.39, 0.29) is 5.41 Å². The van der Waals surface area contributed by atoms with Crippen LogP contribution in [0.4, 0.5) is 0 Å². The molecule has 0 aliphatic carbocycles. The molecule has 0 saturated carbocycles. The Morgan fingerprint density at radius 2 is 2.28 bits per heavy atom. The minimum atomic E-state index is -0.337. The summed E-state index contributed by atoms with van der Waals surface area (Å²) < 4.78 is 5.34. The topological polar surface area (TPSA) is 29.5 Å². The maximum absolute atomic E-state index is 11.3. The van der Waals surface area contributed by atoms with E-state index in [1.54, 1.807) is 0 Å². The molecule has 0 radical (unpaired) electrons. The Kier molecular flexibility index (Phi) is 4.38. The number of rotatable bonds is 5. The van der Waals surface area contributed by atoms with Gasteiger partial charge in [0.2, 0.25) is 0 Å². The van der Waals surface area contributed by atoms with Crippen molar-refractivity contribution < 1.29 is 9.53 Å². The highest BCUT2D eigenvalue weighted by Crippen LogP contribution is 2.28. The number of aldehydes is 1. The fourth-order valence-corrected chi connectivity index (χ4v) is 2.58. The number of nitrogens with zero attached hydrogens (tertiary/aromatic N) is 1. The molecule has 1 heterocycles. The number of ether oxygens (including phenoxy) is 1. The highest BCUT2D eigenvalue weighted by atomic mass is 35.5. The summed E-state index contributed by atoms with van der Waals surface area (Å²) in [7, 11) is 2.01. The lowest BCUT2D eigenvalue weighted by atomic mass is 9.88. The lowest BCUT2D eigenvalue weighted by molar-refractivity contribution is -0.117. The Morgan fingerprint density at radius 3 is 2.89 bits per heavy atom. The van der Waals surface area contributed by atoms with Crippen LogP contribution in [0, 0.1) is 5.41 Å². The second-order valence-electron chi connectivity index (χ2n) is 5.05. The molecule has 1 aliphatic heterocycles. The first kappa shape index (κ1) is 13.5. The molecule has 1 unspecified atom stereocenters. The van der Waals surface area contributed by atoms with Gasteiger partial charge in [0.05, 0.1) is 12.0 Å². The average molecular weight is 268 g/mol. The van der Waals surface area contributed by atoms with Gasteiger partial charge in [-0.25, -0.2) is 0 Å². The number of hydrogen-bond donors (Lipinski definition) is 0. The van der Waals surface area contributed by atoms with Crippen LogP contribution < -0.4 is 0 Å². The van der Waals surface area contributed by atoms with Crippen molar-refractivity contribution in [1.29, 1.82) is 0 Å². The highest BCUT2D eigenvalue weighted by molar-refractivity contribution is 6.31. The minimum absolute atomic E-state index is 0.337. The fourth-order valence-electron chi connectivity index (χ4n) is 2.39. The molecule has 1 saturated heterocycles. The molecule has 3 nitrogen and oxygen atoms in total. The summed E-state index contributed by atoms with van der Waals surface area (Å²) >= 11 is 6.13. The van der Waals surface area contributed by atoms with Gasteiger partial charge in [0.1, 0.15) is 6.29 Å². The molecule has 0 N–H and O–H groups in total. The number of carbonyl (C=O) groups is 1. The van der Waals surface area contributed by atoms with Gasteiger partial charge in [-0.1, -0.05) is 29.8 Å². The fraction of sp³-hybridized carbons (Fsp3) is 0.500. The average Bonchev–Trinajstić information content (AvgIpc) is 2.81. The summed E-state index contributed by atoms with van der Waals surface area (Å²) in [6.07, 6.45) is 1.85. The molecule has 1 aromatic rings. The van der Waals surface area contributed by atoms with Gasteiger partial charge in [-0.05, 0) is 25.1 Å². The second kappa shape index (κ2) is 5.83. The van der Waals surface area contributed by atoms with Crippen molar-refractivity contribution in [3.8, 4) is 0 Å². The van der Waals surface area contributed by atoms with Crippen LogP contribution in [0.5, 0.6) is 0 Å². The van der Waals surface area contributed by atoms with Crippen LogP contribution in [-0.2, 0) is 16.1 Å². The van der Waals surface area contributed by atoms with Gasteiger partial charge in [-0.2, -0.15) is 0 Å². The van der Waals surface area contributed by atoms with Crippen LogP contribution >= 0.6 is 11.6 Å². The smallest absolute Gasteiger partial charge is 0.129 e. The van der Waals surface area contributed by atoms with Crippen LogP contribution in [-0.4, -0.2) is 38.0 Å². The quantitative estimate of drug-likeness (QED) is 0.767. The third-order valence-electron chi connectivity index (χ3n) is 3.37. The Hall–Kier alpha value is -0.900. The predicted molar refractivity (Wildman–Crippen MR) is 71.7 cm³/mol. The molecule has 4 heteroatoms. The maximum atomic E-state index is 11.3. The summed E-state index contributed by atoms with van der Waals surface area (Å²) in [5, 5.41) is 0.771. The van der Waals surface area contributed by atoms with Crippen LogP contribution in [0.3, 0.4) is 0 Å². The number of benzene rings is 1. The lowest BCUT2D eigenvalue weighted by Gasteiger charge is -2.27. The van der Waals surface area contributed by atoms with E-state index in [1.165, 1.54) is 0 Å². The summed E-state index contributed by atoms with van der Waals surface area (Å²) in [4.78, 5) is 13.4. The van der Waals surface area contributed by atoms with E-state index in [4.69, 9.17) is 16.3 Å². The molecule has 1 atom stereocenters. The zero-order valence-corrected chi connectivity index (χ0v) is 11.3. The van der Waals surface area contributed by atoms with Crippen molar-refractivity contribution in [3.05, 3.63) is 34.9 Å². The van der Waals surface area contributed by atoms with Gasteiger partial charge in [0, 0.05) is 24.7 Å². The van der Waals surface area contributed by atoms with E-state index in [9.17, 15) is 4.79 Å². The van der Waals surface area contributed by atoms with Gasteiger partial charge < -0.3 is 14.4 Å². The van der Waals surface area contributed by atoms with Crippen molar-refractivity contribution in [3.63, 3.8) is 0 Å². The maximum Gasteiger partial charge on any atom is 0.129 e. The van der Waals surface area contributed by atoms with E-state index in [1.807, 2.05) is 31.3 Å². The van der Waals surface area contributed by atoms with Crippen molar-refractivity contribution in [2.45, 2.75) is 13.0 Å². The van der Waals surface area contributed by atoms with Crippen molar-refractivity contribution >= 4 is 17.9 Å². The van der Waals surface area contributed by atoms with E-state index >= 15 is 0 Å². The van der Waals surface area contributed by atoms with Crippen molar-refractivity contribution in [2.75, 3.05) is 26.8 Å². The summed E-state index contributed by atoms with van der Waals surface area (Å²) in [5.41, 5.74) is 0.748. The van der Waals surface area contributed by atoms with Crippen LogP contribution in [0.15, 0.2) is 24.3 Å². The van der Waals surface area contributed by atoms with E-state index in [2.05, 4.69) is 4.90 Å². The molecule has 1 aliphatic rings. The van der Waals surface area contributed by atoms with Crippen molar-refractivity contribution in [1.82, 2.24) is 4.90 Å². The molecule has 18 heavy (non-hydrogen) atoms. The first-order chi connectivity index (χ1) is 8.65. The monoisotopic (exact) mass is 267 g/mol. The largest absolute Gasteiger partial charge is 0.380 e. The molecule has 0 amide bonds. The number of hydrogen-bond acceptors (Lipinski definition) is 3. The normalized spacial score (nSPS) is 23.5. The van der Waals surface area contributed by atoms with Gasteiger partial charge in [0.15, 0.2) is 0 Å². The van der Waals surface area contributed by atoms with E-state index in [0.29, 0.717) is 19.8 Å². The molecule has 98 valence electrons. The van der Waals surface area contributed by atoms with Gasteiger partial charge >= 0.3 is 0 Å². The highest BCUT2D eigenvalue weighted by Gasteiger charge is 2.35. The van der Waals surface area contributed by atoms with E-state index < -0.39 is 0 Å². The first-order valence-electron chi connectivity index (χ1n) is 6.11. The molecule has 1 aromatic carbocycles. The molecule has 0 spiro atoms. The van der Waals surface area contributed by atoms with Gasteiger partial charge in [0.25, 0.3) is 0 Å².